The van der Waals surface area contributed by atoms with Crippen molar-refractivity contribution in [2.24, 2.45) is 0 Å². The second-order valence-corrected chi connectivity index (χ2v) is 3.87. The predicted octanol–water partition coefficient (Wildman–Crippen LogP) is 2.61. The molecule has 2 nitrogen and oxygen atoms in total. The molecule has 0 saturated heterocycles. The molecule has 1 aromatic carbocycles. The number of carbonyl (C=O) groups excluding carboxylic acids is 1. The highest BCUT2D eigenvalue weighted by Crippen LogP contribution is 2.17. The predicted molar refractivity (Wildman–Crippen MR) is 60.9 cm³/mol. The Kier molecular flexibility index (Phi) is 4.04. The van der Waals surface area contributed by atoms with E-state index in [9.17, 15) is 4.79 Å². The summed E-state index contributed by atoms with van der Waals surface area (Å²) in [4.78, 5) is 12.0. The van der Waals surface area contributed by atoms with Crippen LogP contribution in [0.5, 0.6) is 0 Å². The van der Waals surface area contributed by atoms with Gasteiger partial charge in [0.15, 0.2) is 5.78 Å². The molecule has 1 rings (SSSR count). The van der Waals surface area contributed by atoms with Crippen LogP contribution < -0.4 is 0 Å². The molecule has 0 heterocycles. The van der Waals surface area contributed by atoms with Crippen molar-refractivity contribution in [3.05, 3.63) is 35.9 Å². The largest absolute Gasteiger partial charge is 0.371 e. The Labute approximate surface area is 91.3 Å². The van der Waals surface area contributed by atoms with E-state index in [4.69, 9.17) is 4.74 Å². The average Bonchev–Trinajstić information content (AvgIpc) is 2.29. The van der Waals surface area contributed by atoms with Crippen LogP contribution in [0.1, 0.15) is 25.8 Å². The maximum atomic E-state index is 12.0. The van der Waals surface area contributed by atoms with Gasteiger partial charge < -0.3 is 4.74 Å². The number of hydrogen-bond acceptors (Lipinski definition) is 2. The summed E-state index contributed by atoms with van der Waals surface area (Å²) in [5.74, 6) is 0.138. The van der Waals surface area contributed by atoms with E-state index in [1.807, 2.05) is 44.2 Å². The molecular formula is C13H18O2. The van der Waals surface area contributed by atoms with Crippen LogP contribution in [0.4, 0.5) is 0 Å². The van der Waals surface area contributed by atoms with Gasteiger partial charge in [-0.15, -0.1) is 0 Å². The smallest absolute Gasteiger partial charge is 0.168 e. The normalized spacial score (nSPS) is 14.6. The van der Waals surface area contributed by atoms with Gasteiger partial charge in [-0.1, -0.05) is 37.3 Å². The highest BCUT2D eigenvalue weighted by Gasteiger charge is 2.30. The van der Waals surface area contributed by atoms with Gasteiger partial charge in [0.05, 0.1) is 0 Å². The summed E-state index contributed by atoms with van der Waals surface area (Å²) in [5, 5.41) is 0. The molecule has 2 heteroatoms. The molecule has 0 fully saturated rings. The summed E-state index contributed by atoms with van der Waals surface area (Å²) in [6.45, 7) is 3.81. The van der Waals surface area contributed by atoms with E-state index < -0.39 is 5.60 Å². The third kappa shape index (κ3) is 2.90. The van der Waals surface area contributed by atoms with Crippen molar-refractivity contribution in [2.45, 2.75) is 32.3 Å². The van der Waals surface area contributed by atoms with Crippen LogP contribution >= 0.6 is 0 Å². The number of rotatable bonds is 5. The highest BCUT2D eigenvalue weighted by atomic mass is 16.5. The fraction of sp³-hybridized carbons (Fsp3) is 0.462. The van der Waals surface area contributed by atoms with Gasteiger partial charge in [0.25, 0.3) is 0 Å². The molecule has 0 N–H and O–H groups in total. The van der Waals surface area contributed by atoms with Crippen molar-refractivity contribution < 1.29 is 9.53 Å². The minimum atomic E-state index is -0.643. The van der Waals surface area contributed by atoms with Gasteiger partial charge in [-0.2, -0.15) is 0 Å². The summed E-state index contributed by atoms with van der Waals surface area (Å²) in [6, 6.07) is 9.76. The molecule has 0 bridgehead atoms. The minimum Gasteiger partial charge on any atom is -0.371 e. The van der Waals surface area contributed by atoms with E-state index in [2.05, 4.69) is 0 Å². The van der Waals surface area contributed by atoms with Gasteiger partial charge in [-0.25, -0.2) is 0 Å². The summed E-state index contributed by atoms with van der Waals surface area (Å²) in [6.07, 6.45) is 1.15. The molecular weight excluding hydrogens is 188 g/mol. The van der Waals surface area contributed by atoms with Gasteiger partial charge >= 0.3 is 0 Å². The zero-order valence-electron chi connectivity index (χ0n) is 9.62. The number of ether oxygens (including phenoxy) is 1. The van der Waals surface area contributed by atoms with Crippen molar-refractivity contribution >= 4 is 5.78 Å². The minimum absolute atomic E-state index is 0.138. The lowest BCUT2D eigenvalue weighted by molar-refractivity contribution is -0.138. The van der Waals surface area contributed by atoms with Crippen LogP contribution in [0.3, 0.4) is 0 Å². The average molecular weight is 206 g/mol. The number of ketones is 1. The molecule has 15 heavy (non-hydrogen) atoms. The third-order valence-corrected chi connectivity index (χ3v) is 2.92. The number of methoxy groups -OCH3 is 1. The second-order valence-electron chi connectivity index (χ2n) is 3.87. The molecule has 0 spiro atoms. The maximum absolute atomic E-state index is 12.0. The maximum Gasteiger partial charge on any atom is 0.168 e. The van der Waals surface area contributed by atoms with Crippen molar-refractivity contribution in [3.8, 4) is 0 Å². The van der Waals surface area contributed by atoms with Gasteiger partial charge in [0.2, 0.25) is 0 Å². The first kappa shape index (κ1) is 11.9. The van der Waals surface area contributed by atoms with Gasteiger partial charge in [0, 0.05) is 13.5 Å². The number of carbonyl (C=O) groups is 1. The lowest BCUT2D eigenvalue weighted by atomic mass is 9.92. The molecule has 1 aromatic rings. The third-order valence-electron chi connectivity index (χ3n) is 2.92. The molecule has 0 radical (unpaired) electrons. The van der Waals surface area contributed by atoms with Crippen LogP contribution in [0.2, 0.25) is 0 Å². The molecule has 0 aliphatic heterocycles. The van der Waals surface area contributed by atoms with E-state index in [0.29, 0.717) is 12.8 Å². The zero-order chi connectivity index (χ0) is 11.3. The van der Waals surface area contributed by atoms with Crippen LogP contribution in [-0.4, -0.2) is 18.5 Å². The summed E-state index contributed by atoms with van der Waals surface area (Å²) >= 11 is 0. The van der Waals surface area contributed by atoms with Gasteiger partial charge in [-0.3, -0.25) is 4.79 Å². The van der Waals surface area contributed by atoms with E-state index in [1.54, 1.807) is 7.11 Å². The number of hydrogen-bond donors (Lipinski definition) is 0. The Morgan fingerprint density at radius 1 is 1.33 bits per heavy atom. The Hall–Kier alpha value is -1.15. The first-order valence-electron chi connectivity index (χ1n) is 5.24. The van der Waals surface area contributed by atoms with E-state index in [-0.39, 0.29) is 5.78 Å². The van der Waals surface area contributed by atoms with Crippen molar-refractivity contribution in [1.82, 2.24) is 0 Å². The monoisotopic (exact) mass is 206 g/mol. The quantitative estimate of drug-likeness (QED) is 0.740. The number of Topliss-reactive ketones (excluding diaryl/α,β-unsaturated/α-hetero) is 1. The first-order chi connectivity index (χ1) is 7.12. The van der Waals surface area contributed by atoms with Crippen molar-refractivity contribution in [2.75, 3.05) is 7.11 Å². The van der Waals surface area contributed by atoms with Crippen molar-refractivity contribution in [1.29, 1.82) is 0 Å². The topological polar surface area (TPSA) is 26.3 Å². The lowest BCUT2D eigenvalue weighted by Gasteiger charge is -2.24. The van der Waals surface area contributed by atoms with Crippen molar-refractivity contribution in [3.63, 3.8) is 0 Å². The molecule has 0 aliphatic rings. The fourth-order valence-electron chi connectivity index (χ4n) is 1.42. The lowest BCUT2D eigenvalue weighted by Crippen LogP contribution is -2.37. The van der Waals surface area contributed by atoms with Gasteiger partial charge in [-0.05, 0) is 18.9 Å². The molecule has 82 valence electrons. The SMILES string of the molecule is CCC(C)(OC)C(=O)Cc1ccccc1. The molecule has 0 saturated carbocycles. The molecule has 0 aliphatic carbocycles. The zero-order valence-corrected chi connectivity index (χ0v) is 9.62. The fourth-order valence-corrected chi connectivity index (χ4v) is 1.42. The van der Waals surface area contributed by atoms with E-state index in [0.717, 1.165) is 5.56 Å². The second kappa shape index (κ2) is 5.08. The molecule has 0 amide bonds. The Morgan fingerprint density at radius 2 is 1.93 bits per heavy atom. The first-order valence-corrected chi connectivity index (χ1v) is 5.24. The molecule has 1 unspecified atom stereocenters. The van der Waals surface area contributed by atoms with E-state index >= 15 is 0 Å². The summed E-state index contributed by atoms with van der Waals surface area (Å²) in [7, 11) is 1.59. The van der Waals surface area contributed by atoms with Crippen LogP contribution in [0.25, 0.3) is 0 Å². The molecule has 1 atom stereocenters. The Balaban J connectivity index is 2.71. The molecule has 0 aromatic heterocycles. The van der Waals surface area contributed by atoms with Crippen LogP contribution in [0, 0.1) is 0 Å². The van der Waals surface area contributed by atoms with Crippen LogP contribution in [0.15, 0.2) is 30.3 Å². The Morgan fingerprint density at radius 3 is 2.40 bits per heavy atom. The Bertz CT molecular complexity index is 313. The highest BCUT2D eigenvalue weighted by molar-refractivity contribution is 5.88. The van der Waals surface area contributed by atoms with Gasteiger partial charge in [0.1, 0.15) is 5.60 Å². The van der Waals surface area contributed by atoms with Crippen LogP contribution in [-0.2, 0) is 16.0 Å². The standard InChI is InChI=1S/C13H18O2/c1-4-13(2,15-3)12(14)10-11-8-6-5-7-9-11/h5-9H,4,10H2,1-3H3. The summed E-state index contributed by atoms with van der Waals surface area (Å²) < 4.78 is 5.27. The summed E-state index contributed by atoms with van der Waals surface area (Å²) in [5.41, 5.74) is 0.398. The van der Waals surface area contributed by atoms with E-state index in [1.165, 1.54) is 0 Å². The number of benzene rings is 1.